The lowest BCUT2D eigenvalue weighted by atomic mass is 9.62. The summed E-state index contributed by atoms with van der Waals surface area (Å²) in [5.74, 6) is 2.06. The zero-order valence-electron chi connectivity index (χ0n) is 14.3. The molecule has 1 fully saturated rings. The summed E-state index contributed by atoms with van der Waals surface area (Å²) in [6.45, 7) is 9.45. The zero-order valence-corrected chi connectivity index (χ0v) is 14.3. The maximum absolute atomic E-state index is 10.8. The minimum atomic E-state index is -0.130. The Morgan fingerprint density at radius 3 is 2.71 bits per heavy atom. The van der Waals surface area contributed by atoms with Crippen molar-refractivity contribution in [3.05, 3.63) is 22.8 Å². The van der Waals surface area contributed by atoms with Crippen LogP contribution in [0.2, 0.25) is 0 Å². The molecule has 21 heavy (non-hydrogen) atoms. The lowest BCUT2D eigenvalue weighted by Gasteiger charge is -2.44. The highest BCUT2D eigenvalue weighted by atomic mass is 16.3. The largest absolute Gasteiger partial charge is 0.392 e. The quantitative estimate of drug-likeness (QED) is 0.603. The monoisotopic (exact) mass is 288 g/mol. The summed E-state index contributed by atoms with van der Waals surface area (Å²) in [4.78, 5) is 0. The Labute approximate surface area is 130 Å². The van der Waals surface area contributed by atoms with Crippen molar-refractivity contribution in [3.63, 3.8) is 0 Å². The van der Waals surface area contributed by atoms with Crippen LogP contribution in [0.15, 0.2) is 22.8 Å². The topological polar surface area (TPSA) is 20.2 Å². The average Bonchev–Trinajstić information content (AvgIpc) is 2.80. The number of rotatable bonds is 0. The van der Waals surface area contributed by atoms with Gasteiger partial charge >= 0.3 is 0 Å². The van der Waals surface area contributed by atoms with Crippen molar-refractivity contribution in [1.82, 2.24) is 0 Å². The minimum Gasteiger partial charge on any atom is -0.392 e. The Kier molecular flexibility index (Phi) is 4.07. The molecule has 0 aromatic rings. The summed E-state index contributed by atoms with van der Waals surface area (Å²) >= 11 is 0. The maximum Gasteiger partial charge on any atom is 0.0636 e. The first-order valence-corrected chi connectivity index (χ1v) is 8.96. The highest BCUT2D eigenvalue weighted by molar-refractivity contribution is 5.30. The number of aliphatic hydroxyl groups is 1. The van der Waals surface area contributed by atoms with Crippen molar-refractivity contribution in [2.45, 2.75) is 78.7 Å². The summed E-state index contributed by atoms with van der Waals surface area (Å²) < 4.78 is 0. The highest BCUT2D eigenvalue weighted by Crippen LogP contribution is 2.58. The second-order valence-electron chi connectivity index (χ2n) is 8.30. The molecule has 1 heteroatoms. The van der Waals surface area contributed by atoms with Crippen LogP contribution in [-0.2, 0) is 0 Å². The van der Waals surface area contributed by atoms with E-state index >= 15 is 0 Å². The van der Waals surface area contributed by atoms with Gasteiger partial charge in [0.05, 0.1) is 6.10 Å². The Hall–Kier alpha value is -0.560. The van der Waals surface area contributed by atoms with Gasteiger partial charge in [0, 0.05) is 5.41 Å². The van der Waals surface area contributed by atoms with E-state index in [2.05, 4.69) is 33.8 Å². The van der Waals surface area contributed by atoms with Gasteiger partial charge in [0.15, 0.2) is 0 Å². The van der Waals surface area contributed by atoms with Crippen LogP contribution in [0.1, 0.15) is 72.6 Å². The average molecular weight is 288 g/mol. The van der Waals surface area contributed by atoms with Crippen LogP contribution in [0, 0.1) is 23.2 Å². The first-order chi connectivity index (χ1) is 9.93. The van der Waals surface area contributed by atoms with Crippen LogP contribution in [-0.4, -0.2) is 11.2 Å². The lowest BCUT2D eigenvalue weighted by Crippen LogP contribution is -2.42. The standard InChI is InChI=1S/C20H32O/c1-13-6-5-7-14(2)17-10-11-20(4)18(21)12-16(9-8-13)15(3)19(17)20/h7,13,17-19,21H,5-6,8-12H2,1-4H3. The summed E-state index contributed by atoms with van der Waals surface area (Å²) in [7, 11) is 0. The van der Waals surface area contributed by atoms with Crippen LogP contribution in [0.3, 0.4) is 0 Å². The molecule has 3 aliphatic rings. The van der Waals surface area contributed by atoms with Crippen LogP contribution in [0.25, 0.3) is 0 Å². The molecule has 0 heterocycles. The molecule has 5 unspecified atom stereocenters. The molecular formula is C20H32O. The lowest BCUT2D eigenvalue weighted by molar-refractivity contribution is 0.00399. The zero-order chi connectivity index (χ0) is 15.2. The molecular weight excluding hydrogens is 256 g/mol. The van der Waals surface area contributed by atoms with Crippen molar-refractivity contribution >= 4 is 0 Å². The van der Waals surface area contributed by atoms with Gasteiger partial charge in [-0.05, 0) is 76.5 Å². The molecule has 1 nitrogen and oxygen atoms in total. The van der Waals surface area contributed by atoms with E-state index in [1.54, 1.807) is 16.7 Å². The molecule has 3 aliphatic carbocycles. The Bertz CT molecular complexity index is 472. The first-order valence-electron chi connectivity index (χ1n) is 8.96. The van der Waals surface area contributed by atoms with E-state index in [1.165, 1.54) is 38.5 Å². The minimum absolute atomic E-state index is 0.118. The summed E-state index contributed by atoms with van der Waals surface area (Å²) in [5, 5.41) is 10.8. The van der Waals surface area contributed by atoms with Gasteiger partial charge in [0.1, 0.15) is 0 Å². The third-order valence-electron chi connectivity index (χ3n) is 6.98. The molecule has 0 saturated heterocycles. The van der Waals surface area contributed by atoms with Gasteiger partial charge in [-0.2, -0.15) is 0 Å². The van der Waals surface area contributed by atoms with E-state index in [-0.39, 0.29) is 11.5 Å². The number of allylic oxidation sites excluding steroid dienone is 3. The molecule has 1 N–H and O–H groups in total. The Morgan fingerprint density at radius 2 is 1.95 bits per heavy atom. The van der Waals surface area contributed by atoms with Gasteiger partial charge in [0.2, 0.25) is 0 Å². The highest BCUT2D eigenvalue weighted by Gasteiger charge is 2.52. The molecule has 0 amide bonds. The van der Waals surface area contributed by atoms with E-state index in [0.29, 0.717) is 11.8 Å². The second-order valence-corrected chi connectivity index (χ2v) is 8.30. The third-order valence-corrected chi connectivity index (χ3v) is 6.98. The third kappa shape index (κ3) is 2.52. The molecule has 0 spiro atoms. The second kappa shape index (κ2) is 5.57. The molecule has 0 aromatic heterocycles. The SMILES string of the molecule is CC1=CCCC(C)CCC2=C(C)C3C1CCC3(C)C(O)C2. The van der Waals surface area contributed by atoms with Gasteiger partial charge in [-0.25, -0.2) is 0 Å². The molecule has 2 bridgehead atoms. The number of aliphatic hydroxyl groups excluding tert-OH is 1. The van der Waals surface area contributed by atoms with E-state index in [0.717, 1.165) is 12.3 Å². The summed E-state index contributed by atoms with van der Waals surface area (Å²) in [5.41, 5.74) is 4.92. The molecule has 118 valence electrons. The molecule has 5 atom stereocenters. The van der Waals surface area contributed by atoms with Crippen LogP contribution in [0.5, 0.6) is 0 Å². The van der Waals surface area contributed by atoms with Crippen LogP contribution >= 0.6 is 0 Å². The van der Waals surface area contributed by atoms with Crippen molar-refractivity contribution < 1.29 is 5.11 Å². The fourth-order valence-electron chi connectivity index (χ4n) is 5.37. The van der Waals surface area contributed by atoms with Crippen molar-refractivity contribution in [1.29, 1.82) is 0 Å². The van der Waals surface area contributed by atoms with Gasteiger partial charge in [0.25, 0.3) is 0 Å². The predicted molar refractivity (Wildman–Crippen MR) is 89.0 cm³/mol. The fraction of sp³-hybridized carbons (Fsp3) is 0.800. The molecule has 0 radical (unpaired) electrons. The normalized spacial score (nSPS) is 44.3. The smallest absolute Gasteiger partial charge is 0.0636 e. The summed E-state index contributed by atoms with van der Waals surface area (Å²) in [6.07, 6.45) is 10.8. The fourth-order valence-corrected chi connectivity index (χ4v) is 5.37. The summed E-state index contributed by atoms with van der Waals surface area (Å²) in [6, 6.07) is 0. The van der Waals surface area contributed by atoms with E-state index in [9.17, 15) is 5.11 Å². The van der Waals surface area contributed by atoms with E-state index < -0.39 is 0 Å². The molecule has 0 aromatic carbocycles. The number of hydrogen-bond donors (Lipinski definition) is 1. The van der Waals surface area contributed by atoms with Gasteiger partial charge < -0.3 is 5.11 Å². The molecule has 3 rings (SSSR count). The van der Waals surface area contributed by atoms with Crippen LogP contribution < -0.4 is 0 Å². The predicted octanol–water partition coefficient (Wildman–Crippen LogP) is 5.26. The molecule has 0 aliphatic heterocycles. The van der Waals surface area contributed by atoms with Gasteiger partial charge in [-0.15, -0.1) is 0 Å². The number of hydrogen-bond acceptors (Lipinski definition) is 1. The van der Waals surface area contributed by atoms with Crippen LogP contribution in [0.4, 0.5) is 0 Å². The van der Waals surface area contributed by atoms with Gasteiger partial charge in [-0.1, -0.05) is 36.6 Å². The maximum atomic E-state index is 10.8. The first kappa shape index (κ1) is 15.3. The van der Waals surface area contributed by atoms with Crippen molar-refractivity contribution in [3.8, 4) is 0 Å². The van der Waals surface area contributed by atoms with E-state index in [1.807, 2.05) is 0 Å². The Morgan fingerprint density at radius 1 is 1.19 bits per heavy atom. The van der Waals surface area contributed by atoms with E-state index in [4.69, 9.17) is 0 Å². The van der Waals surface area contributed by atoms with Crippen molar-refractivity contribution in [2.75, 3.05) is 0 Å². The Balaban J connectivity index is 2.04. The van der Waals surface area contributed by atoms with Crippen molar-refractivity contribution in [2.24, 2.45) is 23.2 Å². The molecule has 1 saturated carbocycles. The van der Waals surface area contributed by atoms with Gasteiger partial charge in [-0.3, -0.25) is 0 Å².